The lowest BCUT2D eigenvalue weighted by atomic mass is 9.82. The molecule has 2 aliphatic rings. The van der Waals surface area contributed by atoms with Gasteiger partial charge in [-0.3, -0.25) is 4.79 Å². The maximum absolute atomic E-state index is 12.4. The molecule has 4 rings (SSSR count). The van der Waals surface area contributed by atoms with Crippen molar-refractivity contribution in [3.63, 3.8) is 0 Å². The lowest BCUT2D eigenvalue weighted by Gasteiger charge is -2.32. The van der Waals surface area contributed by atoms with Crippen LogP contribution in [0.1, 0.15) is 39.0 Å². The van der Waals surface area contributed by atoms with E-state index in [2.05, 4.69) is 0 Å². The van der Waals surface area contributed by atoms with E-state index in [0.717, 1.165) is 36.6 Å². The first-order chi connectivity index (χ1) is 13.1. The van der Waals surface area contributed by atoms with Gasteiger partial charge >= 0.3 is 5.63 Å². The lowest BCUT2D eigenvalue weighted by Crippen LogP contribution is -2.38. The summed E-state index contributed by atoms with van der Waals surface area (Å²) in [5, 5.41) is 0.842. The van der Waals surface area contributed by atoms with Crippen LogP contribution in [0.2, 0.25) is 0 Å². The van der Waals surface area contributed by atoms with Gasteiger partial charge < -0.3 is 13.9 Å². The summed E-state index contributed by atoms with van der Waals surface area (Å²) in [5.74, 6) is 1.35. The molecule has 1 aromatic carbocycles. The van der Waals surface area contributed by atoms with E-state index < -0.39 is 5.60 Å². The second-order valence-electron chi connectivity index (χ2n) is 7.18. The molecule has 0 bridgehead atoms. The van der Waals surface area contributed by atoms with Gasteiger partial charge in [0.25, 0.3) is 0 Å². The maximum Gasteiger partial charge on any atom is 0.336 e. The fraction of sp³-hybridized carbons (Fsp3) is 0.364. The molecule has 0 radical (unpaired) electrons. The fourth-order valence-electron chi connectivity index (χ4n) is 3.70. The normalized spacial score (nSPS) is 19.2. The molecule has 1 fully saturated rings. The van der Waals surface area contributed by atoms with Gasteiger partial charge in [0.15, 0.2) is 5.60 Å². The van der Waals surface area contributed by atoms with Crippen molar-refractivity contribution in [1.29, 1.82) is 0 Å². The van der Waals surface area contributed by atoms with E-state index in [1.165, 1.54) is 12.5 Å². The zero-order valence-corrected chi connectivity index (χ0v) is 15.3. The van der Waals surface area contributed by atoms with Crippen LogP contribution in [0.4, 0.5) is 0 Å². The smallest absolute Gasteiger partial charge is 0.336 e. The Hall–Kier alpha value is -2.82. The summed E-state index contributed by atoms with van der Waals surface area (Å²) < 4.78 is 17.0. The Balaban J connectivity index is 1.42. The summed E-state index contributed by atoms with van der Waals surface area (Å²) >= 11 is 0. The number of fused-ring (bicyclic) bond motifs is 1. The second-order valence-corrected chi connectivity index (χ2v) is 7.18. The van der Waals surface area contributed by atoms with E-state index in [-0.39, 0.29) is 11.4 Å². The second kappa shape index (κ2) is 7.06. The Morgan fingerprint density at radius 1 is 1.15 bits per heavy atom. The van der Waals surface area contributed by atoms with E-state index in [0.29, 0.717) is 23.7 Å². The highest BCUT2D eigenvalue weighted by Gasteiger charge is 2.45. The number of hydrogen-bond acceptors (Lipinski definition) is 5. The average Bonchev–Trinajstić information content (AvgIpc) is 2.98. The van der Waals surface area contributed by atoms with Crippen molar-refractivity contribution in [2.75, 3.05) is 6.61 Å². The molecule has 5 nitrogen and oxygen atoms in total. The molecule has 0 unspecified atom stereocenters. The van der Waals surface area contributed by atoms with Gasteiger partial charge in [-0.25, -0.2) is 4.79 Å². The molecular formula is C22H22O5. The number of carbonyl (C=O) groups is 1. The van der Waals surface area contributed by atoms with Crippen molar-refractivity contribution < 1.29 is 18.7 Å². The quantitative estimate of drug-likeness (QED) is 0.755. The summed E-state index contributed by atoms with van der Waals surface area (Å²) in [6, 6.07) is 8.49. The number of benzene rings is 1. The maximum atomic E-state index is 12.4. The number of rotatable bonds is 4. The van der Waals surface area contributed by atoms with Crippen LogP contribution in [0.3, 0.4) is 0 Å². The zero-order valence-electron chi connectivity index (χ0n) is 15.3. The molecule has 27 heavy (non-hydrogen) atoms. The van der Waals surface area contributed by atoms with E-state index >= 15 is 0 Å². The van der Waals surface area contributed by atoms with Crippen LogP contribution in [0, 0.1) is 0 Å². The minimum absolute atomic E-state index is 0.0930. The van der Waals surface area contributed by atoms with Gasteiger partial charge in [0.2, 0.25) is 5.78 Å². The topological polar surface area (TPSA) is 65.7 Å². The molecule has 0 amide bonds. The molecule has 2 aromatic rings. The Morgan fingerprint density at radius 3 is 2.74 bits per heavy atom. The minimum atomic E-state index is -0.626. The third-order valence-electron chi connectivity index (χ3n) is 5.30. The van der Waals surface area contributed by atoms with Crippen LogP contribution < -0.4 is 10.4 Å². The molecule has 1 saturated carbocycles. The molecule has 140 valence electrons. The van der Waals surface area contributed by atoms with Crippen molar-refractivity contribution in [2.24, 2.45) is 0 Å². The van der Waals surface area contributed by atoms with Crippen molar-refractivity contribution in [2.45, 2.75) is 44.6 Å². The van der Waals surface area contributed by atoms with Gasteiger partial charge in [0.1, 0.15) is 23.7 Å². The number of allylic oxidation sites excluding steroid dienone is 1. The Labute approximate surface area is 157 Å². The number of ether oxygens (including phenoxy) is 2. The first-order valence-corrected chi connectivity index (χ1v) is 9.35. The number of carbonyl (C=O) groups excluding carboxylic acids is 1. The molecule has 1 aromatic heterocycles. The molecule has 0 saturated heterocycles. The first-order valence-electron chi connectivity index (χ1n) is 9.35. The SMILES string of the molecule is C/C(=C\COc1ccc2ccc(=O)oc2c1)C1=CC(=O)C2(CCCCC2)O1. The van der Waals surface area contributed by atoms with Crippen molar-refractivity contribution in [1.82, 2.24) is 0 Å². The van der Waals surface area contributed by atoms with Gasteiger partial charge in [-0.15, -0.1) is 0 Å². The Morgan fingerprint density at radius 2 is 1.93 bits per heavy atom. The predicted octanol–water partition coefficient (Wildman–Crippen LogP) is 4.30. The zero-order chi connectivity index (χ0) is 18.9. The van der Waals surface area contributed by atoms with Crippen molar-refractivity contribution >= 4 is 16.8 Å². The van der Waals surface area contributed by atoms with Crippen LogP contribution >= 0.6 is 0 Å². The van der Waals surface area contributed by atoms with Crippen LogP contribution in [0.5, 0.6) is 5.75 Å². The van der Waals surface area contributed by atoms with E-state index in [1.807, 2.05) is 25.1 Å². The summed E-state index contributed by atoms with van der Waals surface area (Å²) in [6.45, 7) is 2.25. The lowest BCUT2D eigenvalue weighted by molar-refractivity contribution is -0.133. The largest absolute Gasteiger partial charge is 0.489 e. The van der Waals surface area contributed by atoms with Gasteiger partial charge in [0, 0.05) is 23.6 Å². The predicted molar refractivity (Wildman–Crippen MR) is 102 cm³/mol. The Kier molecular flexibility index (Phi) is 4.60. The van der Waals surface area contributed by atoms with Gasteiger partial charge in [-0.1, -0.05) is 6.42 Å². The summed E-state index contributed by atoms with van der Waals surface area (Å²) in [4.78, 5) is 23.8. The highest BCUT2D eigenvalue weighted by atomic mass is 16.5. The highest BCUT2D eigenvalue weighted by molar-refractivity contribution is 6.00. The summed E-state index contributed by atoms with van der Waals surface area (Å²) in [7, 11) is 0. The standard InChI is InChI=1S/C22H22O5/c1-15(18-14-20(23)22(27-18)10-3-2-4-11-22)9-12-25-17-7-5-16-6-8-21(24)26-19(16)13-17/h5-9,13-14H,2-4,10-12H2,1H3/b15-9+. The molecule has 5 heteroatoms. The van der Waals surface area contributed by atoms with Crippen LogP contribution in [0.25, 0.3) is 11.0 Å². The van der Waals surface area contributed by atoms with E-state index in [1.54, 1.807) is 18.2 Å². The van der Waals surface area contributed by atoms with Gasteiger partial charge in [0.05, 0.1) is 0 Å². The molecule has 1 aliphatic heterocycles. The highest BCUT2D eigenvalue weighted by Crippen LogP contribution is 2.40. The molecule has 1 spiro atoms. The molecule has 1 aliphatic carbocycles. The van der Waals surface area contributed by atoms with E-state index in [4.69, 9.17) is 13.9 Å². The van der Waals surface area contributed by atoms with Gasteiger partial charge in [-0.05, 0) is 62.5 Å². The van der Waals surface area contributed by atoms with Crippen LogP contribution in [-0.4, -0.2) is 18.0 Å². The van der Waals surface area contributed by atoms with E-state index in [9.17, 15) is 9.59 Å². The molecule has 0 atom stereocenters. The van der Waals surface area contributed by atoms with Gasteiger partial charge in [-0.2, -0.15) is 0 Å². The molecule has 0 N–H and O–H groups in total. The van der Waals surface area contributed by atoms with Crippen molar-refractivity contribution in [3.8, 4) is 5.75 Å². The first kappa shape index (κ1) is 17.6. The number of hydrogen-bond donors (Lipinski definition) is 0. The monoisotopic (exact) mass is 366 g/mol. The van der Waals surface area contributed by atoms with Crippen molar-refractivity contribution in [3.05, 3.63) is 64.2 Å². The minimum Gasteiger partial charge on any atom is -0.489 e. The molecule has 2 heterocycles. The van der Waals surface area contributed by atoms with Crippen LogP contribution in [-0.2, 0) is 9.53 Å². The molecular weight excluding hydrogens is 344 g/mol. The Bertz CT molecular complexity index is 989. The van der Waals surface area contributed by atoms with Crippen LogP contribution in [0.15, 0.2) is 63.0 Å². The summed E-state index contributed by atoms with van der Waals surface area (Å²) in [5.41, 5.74) is 0.367. The summed E-state index contributed by atoms with van der Waals surface area (Å²) in [6.07, 6.45) is 8.37. The third kappa shape index (κ3) is 3.54. The fourth-order valence-corrected chi connectivity index (χ4v) is 3.70. The average molecular weight is 366 g/mol. The number of ketones is 1. The third-order valence-corrected chi connectivity index (χ3v) is 5.30.